The van der Waals surface area contributed by atoms with E-state index in [1.807, 2.05) is 42.5 Å². The number of phenols is 1. The molecule has 4 rings (SSSR count). The van der Waals surface area contributed by atoms with Gasteiger partial charge in [0.15, 0.2) is 6.23 Å². The van der Waals surface area contributed by atoms with Gasteiger partial charge in [0, 0.05) is 37.1 Å². The van der Waals surface area contributed by atoms with E-state index in [9.17, 15) is 14.7 Å². The summed E-state index contributed by atoms with van der Waals surface area (Å²) < 4.78 is 11.0. The molecule has 1 aliphatic heterocycles. The third kappa shape index (κ3) is 5.65. The van der Waals surface area contributed by atoms with Gasteiger partial charge in [-0.3, -0.25) is 9.69 Å². The Labute approximate surface area is 198 Å². The molecular formula is C26H27N3O5. The largest absolute Gasteiger partial charge is 0.508 e. The molecule has 34 heavy (non-hydrogen) atoms. The van der Waals surface area contributed by atoms with Crippen molar-refractivity contribution in [3.05, 3.63) is 90.0 Å². The van der Waals surface area contributed by atoms with Crippen molar-refractivity contribution in [2.75, 3.05) is 37.0 Å². The van der Waals surface area contributed by atoms with Gasteiger partial charge in [0.05, 0.1) is 6.54 Å². The Morgan fingerprint density at radius 1 is 0.971 bits per heavy atom. The zero-order valence-electron chi connectivity index (χ0n) is 18.9. The number of nitrogens with one attached hydrogen (secondary N) is 1. The topological polar surface area (TPSA) is 91.3 Å². The Kier molecular flexibility index (Phi) is 7.29. The van der Waals surface area contributed by atoms with Gasteiger partial charge in [-0.15, -0.1) is 0 Å². The molecule has 1 aliphatic rings. The molecule has 8 heteroatoms. The van der Waals surface area contributed by atoms with Crippen LogP contribution in [0.15, 0.2) is 78.9 Å². The van der Waals surface area contributed by atoms with E-state index in [-0.39, 0.29) is 18.3 Å². The van der Waals surface area contributed by atoms with E-state index < -0.39 is 12.3 Å². The number of carbonyl (C=O) groups excluding carboxylic acids is 2. The van der Waals surface area contributed by atoms with E-state index in [1.54, 1.807) is 36.3 Å². The molecule has 0 aliphatic carbocycles. The van der Waals surface area contributed by atoms with Gasteiger partial charge in [-0.1, -0.05) is 30.3 Å². The fourth-order valence-corrected chi connectivity index (χ4v) is 3.77. The molecule has 0 saturated carbocycles. The first-order chi connectivity index (χ1) is 16.5. The molecule has 0 bridgehead atoms. The number of hydrogen-bond donors (Lipinski definition) is 2. The normalized spacial score (nSPS) is 15.6. The molecule has 1 fully saturated rings. The highest BCUT2D eigenvalue weighted by Gasteiger charge is 2.31. The summed E-state index contributed by atoms with van der Waals surface area (Å²) in [7, 11) is 1.57. The van der Waals surface area contributed by atoms with Gasteiger partial charge in [0.1, 0.15) is 12.4 Å². The van der Waals surface area contributed by atoms with Gasteiger partial charge in [-0.2, -0.15) is 0 Å². The van der Waals surface area contributed by atoms with Gasteiger partial charge >= 0.3 is 6.09 Å². The SMILES string of the molecule is COC1CN(c2ccc(C(=O)Nc3ccc(O)cc3)cc2)CCN1C(=O)OCc1ccccc1. The number of rotatable bonds is 6. The lowest BCUT2D eigenvalue weighted by Crippen LogP contribution is -2.56. The number of aromatic hydroxyl groups is 1. The lowest BCUT2D eigenvalue weighted by Gasteiger charge is -2.40. The summed E-state index contributed by atoms with van der Waals surface area (Å²) in [6.07, 6.45) is -0.855. The van der Waals surface area contributed by atoms with Crippen molar-refractivity contribution in [3.63, 3.8) is 0 Å². The third-order valence-corrected chi connectivity index (χ3v) is 5.67. The summed E-state index contributed by atoms with van der Waals surface area (Å²) in [6.45, 7) is 1.76. The van der Waals surface area contributed by atoms with Gasteiger partial charge in [-0.05, 0) is 54.1 Å². The second-order valence-electron chi connectivity index (χ2n) is 7.92. The quantitative estimate of drug-likeness (QED) is 0.538. The Bertz CT molecular complexity index is 1100. The van der Waals surface area contributed by atoms with Crippen molar-refractivity contribution in [1.82, 2.24) is 4.90 Å². The number of ether oxygens (including phenoxy) is 2. The Hall–Kier alpha value is -4.04. The van der Waals surface area contributed by atoms with Crippen LogP contribution in [0.3, 0.4) is 0 Å². The summed E-state index contributed by atoms with van der Waals surface area (Å²) in [5, 5.41) is 12.2. The molecule has 1 unspecified atom stereocenters. The van der Waals surface area contributed by atoms with E-state index in [2.05, 4.69) is 10.2 Å². The Balaban J connectivity index is 1.33. The number of carbonyl (C=O) groups is 2. The first-order valence-electron chi connectivity index (χ1n) is 11.0. The number of hydrogen-bond acceptors (Lipinski definition) is 6. The molecule has 1 saturated heterocycles. The van der Waals surface area contributed by atoms with E-state index in [0.29, 0.717) is 30.9 Å². The summed E-state index contributed by atoms with van der Waals surface area (Å²) in [5.41, 5.74) is 2.98. The summed E-state index contributed by atoms with van der Waals surface area (Å²) in [5.74, 6) is -0.0979. The maximum absolute atomic E-state index is 12.6. The molecule has 176 valence electrons. The molecule has 3 aromatic rings. The number of anilines is 2. The van der Waals surface area contributed by atoms with Crippen LogP contribution in [-0.2, 0) is 16.1 Å². The van der Waals surface area contributed by atoms with Crippen molar-refractivity contribution >= 4 is 23.4 Å². The van der Waals surface area contributed by atoms with Crippen molar-refractivity contribution in [2.24, 2.45) is 0 Å². The number of amides is 2. The van der Waals surface area contributed by atoms with Gasteiger partial charge in [-0.25, -0.2) is 4.79 Å². The van der Waals surface area contributed by atoms with Crippen LogP contribution < -0.4 is 10.2 Å². The van der Waals surface area contributed by atoms with Crippen LogP contribution in [0.25, 0.3) is 0 Å². The fourth-order valence-electron chi connectivity index (χ4n) is 3.77. The average Bonchev–Trinajstić information content (AvgIpc) is 2.89. The maximum atomic E-state index is 12.6. The number of benzene rings is 3. The monoisotopic (exact) mass is 461 g/mol. The summed E-state index contributed by atoms with van der Waals surface area (Å²) >= 11 is 0. The second kappa shape index (κ2) is 10.7. The molecular weight excluding hydrogens is 434 g/mol. The predicted molar refractivity (Wildman–Crippen MR) is 129 cm³/mol. The fraction of sp³-hybridized carbons (Fsp3) is 0.231. The number of methoxy groups -OCH3 is 1. The molecule has 1 heterocycles. The smallest absolute Gasteiger partial charge is 0.412 e. The zero-order chi connectivity index (χ0) is 23.9. The Morgan fingerprint density at radius 3 is 2.35 bits per heavy atom. The van der Waals surface area contributed by atoms with E-state index in [0.717, 1.165) is 11.3 Å². The summed E-state index contributed by atoms with van der Waals surface area (Å²) in [4.78, 5) is 28.8. The number of piperazine rings is 1. The minimum absolute atomic E-state index is 0.140. The molecule has 0 radical (unpaired) electrons. The highest BCUT2D eigenvalue weighted by molar-refractivity contribution is 6.04. The van der Waals surface area contributed by atoms with Crippen molar-refractivity contribution in [3.8, 4) is 5.75 Å². The highest BCUT2D eigenvalue weighted by atomic mass is 16.6. The third-order valence-electron chi connectivity index (χ3n) is 5.67. The van der Waals surface area contributed by atoms with Gasteiger partial charge in [0.2, 0.25) is 0 Å². The zero-order valence-corrected chi connectivity index (χ0v) is 18.9. The number of nitrogens with zero attached hydrogens (tertiary/aromatic N) is 2. The van der Waals surface area contributed by atoms with E-state index >= 15 is 0 Å². The van der Waals surface area contributed by atoms with Crippen LogP contribution in [0.4, 0.5) is 16.2 Å². The lowest BCUT2D eigenvalue weighted by molar-refractivity contribution is -0.0352. The van der Waals surface area contributed by atoms with E-state index in [4.69, 9.17) is 9.47 Å². The van der Waals surface area contributed by atoms with Crippen LogP contribution >= 0.6 is 0 Å². The highest BCUT2D eigenvalue weighted by Crippen LogP contribution is 2.22. The molecule has 0 aromatic heterocycles. The van der Waals surface area contributed by atoms with Gasteiger partial charge < -0.3 is 24.8 Å². The van der Waals surface area contributed by atoms with Crippen molar-refractivity contribution < 1.29 is 24.2 Å². The van der Waals surface area contributed by atoms with E-state index in [1.165, 1.54) is 12.1 Å². The minimum Gasteiger partial charge on any atom is -0.508 e. The van der Waals surface area contributed by atoms with Crippen molar-refractivity contribution in [2.45, 2.75) is 12.8 Å². The second-order valence-corrected chi connectivity index (χ2v) is 7.92. The van der Waals surface area contributed by atoms with Crippen LogP contribution in [0.1, 0.15) is 15.9 Å². The average molecular weight is 462 g/mol. The first kappa shape index (κ1) is 23.1. The van der Waals surface area contributed by atoms with Gasteiger partial charge in [0.25, 0.3) is 5.91 Å². The minimum atomic E-state index is -0.450. The summed E-state index contributed by atoms with van der Waals surface area (Å²) in [6, 6.07) is 23.1. The van der Waals surface area contributed by atoms with Crippen LogP contribution in [0.2, 0.25) is 0 Å². The first-order valence-corrected chi connectivity index (χ1v) is 11.0. The molecule has 2 amide bonds. The van der Waals surface area contributed by atoms with Crippen LogP contribution in [0.5, 0.6) is 5.75 Å². The van der Waals surface area contributed by atoms with Crippen LogP contribution in [-0.4, -0.2) is 55.0 Å². The number of phenolic OH excluding ortho intramolecular Hbond substituents is 1. The molecule has 2 N–H and O–H groups in total. The molecule has 1 atom stereocenters. The van der Waals surface area contributed by atoms with Crippen molar-refractivity contribution in [1.29, 1.82) is 0 Å². The standard InChI is InChI=1S/C26H27N3O5/c1-33-24-17-28(15-16-29(24)26(32)34-18-19-5-3-2-4-6-19)22-11-7-20(8-12-22)25(31)27-21-9-13-23(30)14-10-21/h2-14,24,30H,15-18H2,1H3,(H,27,31). The molecule has 8 nitrogen and oxygen atoms in total. The predicted octanol–water partition coefficient (Wildman–Crippen LogP) is 4.08. The van der Waals surface area contributed by atoms with Crippen LogP contribution in [0, 0.1) is 0 Å². The maximum Gasteiger partial charge on any atom is 0.412 e. The molecule has 3 aromatic carbocycles. The lowest BCUT2D eigenvalue weighted by atomic mass is 10.1. The molecule has 0 spiro atoms. The Morgan fingerprint density at radius 2 is 1.68 bits per heavy atom.